The first kappa shape index (κ1) is 13.5. The summed E-state index contributed by atoms with van der Waals surface area (Å²) in [5.74, 6) is 2.55. The van der Waals surface area contributed by atoms with Crippen LogP contribution in [-0.4, -0.2) is 7.05 Å². The molecule has 0 aliphatic heterocycles. The van der Waals surface area contributed by atoms with Crippen LogP contribution in [0.3, 0.4) is 0 Å². The molecular weight excluding hydrogens is 262 g/mol. The van der Waals surface area contributed by atoms with E-state index in [2.05, 4.69) is 5.32 Å². The molecule has 0 aliphatic rings. The number of furan rings is 1. The molecule has 3 nitrogen and oxygen atoms in total. The molecule has 1 heterocycles. The second-order valence-corrected chi connectivity index (χ2v) is 4.72. The average Bonchev–Trinajstić information content (AvgIpc) is 3.05. The fourth-order valence-corrected chi connectivity index (χ4v) is 2.28. The van der Waals surface area contributed by atoms with Crippen molar-refractivity contribution in [1.82, 2.24) is 5.32 Å². The molecule has 3 heteroatoms. The largest absolute Gasteiger partial charge is 0.467 e. The maximum Gasteiger partial charge on any atom is 0.127 e. The number of benzene rings is 2. The first-order valence-electron chi connectivity index (χ1n) is 6.90. The number of hydrogen-bond donors (Lipinski definition) is 1. The molecule has 0 bridgehead atoms. The second-order valence-electron chi connectivity index (χ2n) is 4.72. The topological polar surface area (TPSA) is 34.4 Å². The highest BCUT2D eigenvalue weighted by Crippen LogP contribution is 2.26. The summed E-state index contributed by atoms with van der Waals surface area (Å²) in [7, 11) is 1.92. The van der Waals surface area contributed by atoms with Crippen LogP contribution in [-0.2, 0) is 0 Å². The molecule has 0 aliphatic carbocycles. The molecule has 3 aromatic rings. The Morgan fingerprint density at radius 2 is 1.57 bits per heavy atom. The first-order chi connectivity index (χ1) is 10.4. The van der Waals surface area contributed by atoms with E-state index in [-0.39, 0.29) is 6.04 Å². The van der Waals surface area contributed by atoms with Crippen molar-refractivity contribution in [2.24, 2.45) is 0 Å². The highest BCUT2D eigenvalue weighted by molar-refractivity contribution is 5.35. The summed E-state index contributed by atoms with van der Waals surface area (Å²) in [6.45, 7) is 0. The third-order valence-corrected chi connectivity index (χ3v) is 3.31. The summed E-state index contributed by atoms with van der Waals surface area (Å²) in [6.07, 6.45) is 1.69. The van der Waals surface area contributed by atoms with Gasteiger partial charge in [0.25, 0.3) is 0 Å². The van der Waals surface area contributed by atoms with Crippen LogP contribution in [0.4, 0.5) is 0 Å². The van der Waals surface area contributed by atoms with E-state index in [1.54, 1.807) is 6.26 Å². The maximum absolute atomic E-state index is 5.79. The lowest BCUT2D eigenvalue weighted by Crippen LogP contribution is -2.16. The van der Waals surface area contributed by atoms with E-state index >= 15 is 0 Å². The Kier molecular flexibility index (Phi) is 4.03. The predicted octanol–water partition coefficient (Wildman–Crippen LogP) is 4.38. The maximum atomic E-state index is 5.79. The van der Waals surface area contributed by atoms with Crippen LogP contribution in [0.5, 0.6) is 11.5 Å². The van der Waals surface area contributed by atoms with Crippen molar-refractivity contribution < 1.29 is 9.15 Å². The van der Waals surface area contributed by atoms with Gasteiger partial charge in [0.15, 0.2) is 0 Å². The van der Waals surface area contributed by atoms with E-state index in [0.29, 0.717) is 0 Å². The summed E-state index contributed by atoms with van der Waals surface area (Å²) in [6, 6.07) is 21.7. The van der Waals surface area contributed by atoms with Crippen LogP contribution in [0.2, 0.25) is 0 Å². The Labute approximate surface area is 124 Å². The summed E-state index contributed by atoms with van der Waals surface area (Å²) in [5, 5.41) is 3.26. The molecule has 0 fully saturated rings. The Morgan fingerprint density at radius 3 is 2.19 bits per heavy atom. The number of ether oxygens (including phenoxy) is 1. The molecule has 1 aromatic heterocycles. The molecular formula is C18H17NO2. The Morgan fingerprint density at radius 1 is 0.857 bits per heavy atom. The van der Waals surface area contributed by atoms with E-state index in [9.17, 15) is 0 Å². The first-order valence-corrected chi connectivity index (χ1v) is 6.90. The van der Waals surface area contributed by atoms with Crippen molar-refractivity contribution >= 4 is 0 Å². The number of para-hydroxylation sites is 1. The standard InChI is InChI=1S/C18H17NO2/c1-19-18(17-8-5-13-20-17)14-9-11-16(12-10-14)21-15-6-3-2-4-7-15/h2-13,18-19H,1H3. The van der Waals surface area contributed by atoms with Gasteiger partial charge in [-0.25, -0.2) is 0 Å². The Bertz CT molecular complexity index is 660. The van der Waals surface area contributed by atoms with Gasteiger partial charge in [-0.3, -0.25) is 0 Å². The number of hydrogen-bond acceptors (Lipinski definition) is 3. The second kappa shape index (κ2) is 6.29. The van der Waals surface area contributed by atoms with Gasteiger partial charge in [-0.05, 0) is 49.0 Å². The van der Waals surface area contributed by atoms with Gasteiger partial charge in [0.05, 0.1) is 12.3 Å². The quantitative estimate of drug-likeness (QED) is 0.752. The molecule has 0 amide bonds. The molecule has 1 atom stereocenters. The molecule has 0 radical (unpaired) electrons. The SMILES string of the molecule is CNC(c1ccc(Oc2ccccc2)cc1)c1ccco1. The summed E-state index contributed by atoms with van der Waals surface area (Å²) in [4.78, 5) is 0. The van der Waals surface area contributed by atoms with Gasteiger partial charge in [-0.2, -0.15) is 0 Å². The smallest absolute Gasteiger partial charge is 0.127 e. The van der Waals surface area contributed by atoms with Crippen molar-refractivity contribution in [2.45, 2.75) is 6.04 Å². The van der Waals surface area contributed by atoms with Gasteiger partial charge in [0.2, 0.25) is 0 Å². The van der Waals surface area contributed by atoms with Crippen LogP contribution >= 0.6 is 0 Å². The van der Waals surface area contributed by atoms with Gasteiger partial charge in [0, 0.05) is 0 Å². The third kappa shape index (κ3) is 3.15. The third-order valence-electron chi connectivity index (χ3n) is 3.31. The highest BCUT2D eigenvalue weighted by Gasteiger charge is 2.14. The Balaban J connectivity index is 1.77. The van der Waals surface area contributed by atoms with Crippen LogP contribution in [0.15, 0.2) is 77.4 Å². The molecule has 1 unspecified atom stereocenters. The molecule has 106 valence electrons. The zero-order chi connectivity index (χ0) is 14.5. The molecule has 3 rings (SSSR count). The van der Waals surface area contributed by atoms with Gasteiger partial charge in [-0.15, -0.1) is 0 Å². The lowest BCUT2D eigenvalue weighted by molar-refractivity contribution is 0.461. The molecule has 0 spiro atoms. The van der Waals surface area contributed by atoms with Crippen molar-refractivity contribution in [1.29, 1.82) is 0 Å². The van der Waals surface area contributed by atoms with E-state index in [0.717, 1.165) is 22.8 Å². The van der Waals surface area contributed by atoms with Crippen molar-refractivity contribution in [3.8, 4) is 11.5 Å². The monoisotopic (exact) mass is 279 g/mol. The number of nitrogens with one attached hydrogen (secondary N) is 1. The molecule has 21 heavy (non-hydrogen) atoms. The molecule has 0 saturated heterocycles. The van der Waals surface area contributed by atoms with Crippen LogP contribution < -0.4 is 10.1 Å². The summed E-state index contributed by atoms with van der Waals surface area (Å²) >= 11 is 0. The molecule has 2 aromatic carbocycles. The van der Waals surface area contributed by atoms with Crippen molar-refractivity contribution in [2.75, 3.05) is 7.05 Å². The summed E-state index contributed by atoms with van der Waals surface area (Å²) < 4.78 is 11.3. The predicted molar refractivity (Wildman–Crippen MR) is 82.6 cm³/mol. The lowest BCUT2D eigenvalue weighted by atomic mass is 10.0. The van der Waals surface area contributed by atoms with E-state index in [1.165, 1.54) is 0 Å². The van der Waals surface area contributed by atoms with Gasteiger partial charge < -0.3 is 14.5 Å². The van der Waals surface area contributed by atoms with Crippen LogP contribution in [0.1, 0.15) is 17.4 Å². The zero-order valence-electron chi connectivity index (χ0n) is 11.8. The fourth-order valence-electron chi connectivity index (χ4n) is 2.28. The number of rotatable bonds is 5. The van der Waals surface area contributed by atoms with Gasteiger partial charge >= 0.3 is 0 Å². The van der Waals surface area contributed by atoms with Gasteiger partial charge in [-0.1, -0.05) is 30.3 Å². The minimum atomic E-state index is 0.0470. The minimum Gasteiger partial charge on any atom is -0.467 e. The minimum absolute atomic E-state index is 0.0470. The molecule has 1 N–H and O–H groups in total. The van der Waals surface area contributed by atoms with Crippen LogP contribution in [0, 0.1) is 0 Å². The zero-order valence-corrected chi connectivity index (χ0v) is 11.8. The van der Waals surface area contributed by atoms with Crippen LogP contribution in [0.25, 0.3) is 0 Å². The normalized spacial score (nSPS) is 12.0. The van der Waals surface area contributed by atoms with E-state index in [4.69, 9.17) is 9.15 Å². The van der Waals surface area contributed by atoms with E-state index < -0.39 is 0 Å². The average molecular weight is 279 g/mol. The molecule has 0 saturated carbocycles. The van der Waals surface area contributed by atoms with E-state index in [1.807, 2.05) is 73.8 Å². The summed E-state index contributed by atoms with van der Waals surface area (Å²) in [5.41, 5.74) is 1.13. The van der Waals surface area contributed by atoms with Gasteiger partial charge in [0.1, 0.15) is 17.3 Å². The van der Waals surface area contributed by atoms with Crippen molar-refractivity contribution in [3.05, 3.63) is 84.3 Å². The highest BCUT2D eigenvalue weighted by atomic mass is 16.5. The Hall–Kier alpha value is -2.52. The fraction of sp³-hybridized carbons (Fsp3) is 0.111. The van der Waals surface area contributed by atoms with Crippen molar-refractivity contribution in [3.63, 3.8) is 0 Å². The lowest BCUT2D eigenvalue weighted by Gasteiger charge is -2.14.